The second kappa shape index (κ2) is 17.1. The number of likely N-dealkylation sites (tertiary alicyclic amines) is 1. The standard InChI is InChI=1S/C57H86N2O7/c1-51(2)42(37-46(51)65-47(60)36-38-12-10-9-11-13-38)49(61)66-45-18-21-54(6)43(52(45,3)4)17-22-56(8)44(54)15-14-41-48-40(53(5)24-25-53)16-23-57(48,27-26-55(41,56)7)50(62)59-28-19-39(20-29-59)64-35-32-58-30-33-63-34-31-58/h9-13,39-46,48H,14-37H2,1-8H3/t40-,41-,42-,43+,44-,45+,46-,48-,54+,55-,56-,57+/m1/s1. The van der Waals surface area contributed by atoms with Gasteiger partial charge in [-0.15, -0.1) is 0 Å². The number of ether oxygens (including phenoxy) is 4. The average molecular weight is 911 g/mol. The Morgan fingerprint density at radius 1 is 0.667 bits per heavy atom. The van der Waals surface area contributed by atoms with Gasteiger partial charge < -0.3 is 23.8 Å². The van der Waals surface area contributed by atoms with Crippen molar-refractivity contribution < 1.29 is 33.3 Å². The average Bonchev–Trinajstić information content (AvgIpc) is 3.91. The van der Waals surface area contributed by atoms with Crippen molar-refractivity contribution >= 4 is 17.8 Å². The van der Waals surface area contributed by atoms with Crippen LogP contribution < -0.4 is 0 Å². The van der Waals surface area contributed by atoms with Gasteiger partial charge in [0.2, 0.25) is 5.91 Å². The van der Waals surface area contributed by atoms with Crippen molar-refractivity contribution in [3.05, 3.63) is 35.9 Å². The van der Waals surface area contributed by atoms with E-state index in [4.69, 9.17) is 18.9 Å². The highest BCUT2D eigenvalue weighted by Gasteiger charge is 2.74. The van der Waals surface area contributed by atoms with Crippen molar-refractivity contribution in [3.63, 3.8) is 0 Å². The molecule has 0 bridgehead atoms. The minimum Gasteiger partial charge on any atom is -0.462 e. The molecule has 1 aromatic rings. The number of benzene rings is 1. The number of hydrogen-bond donors (Lipinski definition) is 0. The van der Waals surface area contributed by atoms with Gasteiger partial charge in [-0.2, -0.15) is 0 Å². The minimum atomic E-state index is -0.468. The zero-order chi connectivity index (χ0) is 46.5. The first-order valence-corrected chi connectivity index (χ1v) is 27.0. The number of piperidine rings is 1. The smallest absolute Gasteiger partial charge is 0.310 e. The van der Waals surface area contributed by atoms with Gasteiger partial charge in [0.15, 0.2) is 0 Å². The molecule has 7 aliphatic carbocycles. The molecular weight excluding hydrogens is 825 g/mol. The summed E-state index contributed by atoms with van der Waals surface area (Å²) in [6.07, 6.45) is 16.6. The number of amides is 1. The Labute approximate surface area is 397 Å². The predicted molar refractivity (Wildman–Crippen MR) is 256 cm³/mol. The molecule has 66 heavy (non-hydrogen) atoms. The van der Waals surface area contributed by atoms with Crippen LogP contribution in [0.2, 0.25) is 0 Å². The van der Waals surface area contributed by atoms with E-state index in [1.165, 1.54) is 51.4 Å². The Hall–Kier alpha value is -2.49. The summed E-state index contributed by atoms with van der Waals surface area (Å²) in [6, 6.07) is 9.72. The largest absolute Gasteiger partial charge is 0.462 e. The van der Waals surface area contributed by atoms with Crippen molar-refractivity contribution in [2.24, 2.45) is 73.4 Å². The lowest BCUT2D eigenvalue weighted by molar-refractivity contribution is -0.253. The Morgan fingerprint density at radius 2 is 1.39 bits per heavy atom. The summed E-state index contributed by atoms with van der Waals surface area (Å²) < 4.78 is 24.6. The molecule has 0 radical (unpaired) electrons. The number of fused-ring (bicyclic) bond motifs is 7. The molecule has 9 nitrogen and oxygen atoms in total. The fourth-order valence-corrected chi connectivity index (χ4v) is 17.9. The molecule has 9 heteroatoms. The molecule has 1 aromatic carbocycles. The number of morpholine rings is 1. The molecule has 1 amide bonds. The molecule has 0 aromatic heterocycles. The summed E-state index contributed by atoms with van der Waals surface area (Å²) in [6.45, 7) is 26.6. The van der Waals surface area contributed by atoms with Gasteiger partial charge in [0, 0.05) is 43.6 Å². The van der Waals surface area contributed by atoms with Gasteiger partial charge in [0.05, 0.1) is 43.7 Å². The lowest BCUT2D eigenvalue weighted by Gasteiger charge is -2.73. The topological polar surface area (TPSA) is 94.6 Å². The quantitative estimate of drug-likeness (QED) is 0.203. The first-order valence-electron chi connectivity index (χ1n) is 27.0. The second-order valence-electron chi connectivity index (χ2n) is 26.0. The van der Waals surface area contributed by atoms with Crippen LogP contribution in [0.5, 0.6) is 0 Å². The van der Waals surface area contributed by atoms with Crippen LogP contribution in [0.25, 0.3) is 0 Å². The highest BCUT2D eigenvalue weighted by atomic mass is 16.6. The molecule has 0 N–H and O–H groups in total. The normalized spacial score (nSPS) is 42.4. The lowest BCUT2D eigenvalue weighted by Crippen LogP contribution is -2.68. The summed E-state index contributed by atoms with van der Waals surface area (Å²) in [5.74, 6) is 2.68. The highest BCUT2D eigenvalue weighted by molar-refractivity contribution is 5.84. The molecule has 2 saturated heterocycles. The van der Waals surface area contributed by atoms with Crippen LogP contribution in [0.1, 0.15) is 157 Å². The molecule has 10 rings (SSSR count). The molecule has 9 aliphatic rings. The zero-order valence-electron chi connectivity index (χ0n) is 42.3. The molecule has 7 saturated carbocycles. The van der Waals surface area contributed by atoms with Gasteiger partial charge in [-0.05, 0) is 153 Å². The molecular formula is C57H86N2O7. The van der Waals surface area contributed by atoms with Gasteiger partial charge in [-0.25, -0.2) is 0 Å². The predicted octanol–water partition coefficient (Wildman–Crippen LogP) is 10.3. The Bertz CT molecular complexity index is 1970. The van der Waals surface area contributed by atoms with Crippen LogP contribution in [0.4, 0.5) is 0 Å². The molecule has 2 aliphatic heterocycles. The van der Waals surface area contributed by atoms with E-state index in [0.717, 1.165) is 96.6 Å². The van der Waals surface area contributed by atoms with Gasteiger partial charge in [0.25, 0.3) is 0 Å². The highest BCUT2D eigenvalue weighted by Crippen LogP contribution is 2.79. The van der Waals surface area contributed by atoms with Crippen molar-refractivity contribution in [2.45, 2.75) is 176 Å². The van der Waals surface area contributed by atoms with E-state index in [1.54, 1.807) is 0 Å². The van der Waals surface area contributed by atoms with Crippen LogP contribution in [-0.4, -0.2) is 98.5 Å². The molecule has 2 heterocycles. The summed E-state index contributed by atoms with van der Waals surface area (Å²) in [4.78, 5) is 47.1. The van der Waals surface area contributed by atoms with E-state index in [9.17, 15) is 9.59 Å². The maximum Gasteiger partial charge on any atom is 0.310 e. The van der Waals surface area contributed by atoms with Crippen LogP contribution in [-0.2, 0) is 39.8 Å². The maximum absolute atomic E-state index is 15.4. The van der Waals surface area contributed by atoms with E-state index in [-0.39, 0.29) is 69.7 Å². The van der Waals surface area contributed by atoms with E-state index >= 15 is 4.79 Å². The fourth-order valence-electron chi connectivity index (χ4n) is 17.9. The summed E-state index contributed by atoms with van der Waals surface area (Å²) >= 11 is 0. The van der Waals surface area contributed by atoms with Gasteiger partial charge in [0.1, 0.15) is 12.2 Å². The Morgan fingerprint density at radius 3 is 2.09 bits per heavy atom. The number of esters is 2. The molecule has 0 spiro atoms. The first kappa shape index (κ1) is 47.2. The number of carbonyl (C=O) groups is 3. The summed E-state index contributed by atoms with van der Waals surface area (Å²) in [5, 5.41) is 0. The van der Waals surface area contributed by atoms with Crippen molar-refractivity contribution in [1.82, 2.24) is 9.80 Å². The van der Waals surface area contributed by atoms with Crippen molar-refractivity contribution in [1.29, 1.82) is 0 Å². The summed E-state index contributed by atoms with van der Waals surface area (Å²) in [7, 11) is 0. The lowest BCUT2D eigenvalue weighted by atomic mass is 9.32. The number of hydrogen-bond acceptors (Lipinski definition) is 8. The maximum atomic E-state index is 15.4. The molecule has 9 fully saturated rings. The van der Waals surface area contributed by atoms with Crippen LogP contribution >= 0.6 is 0 Å². The Kier molecular flexibility index (Phi) is 12.2. The minimum absolute atomic E-state index is 0.112. The number of carbonyl (C=O) groups excluding carboxylic acids is 3. The van der Waals surface area contributed by atoms with Crippen molar-refractivity contribution in [2.75, 3.05) is 52.5 Å². The van der Waals surface area contributed by atoms with Crippen LogP contribution in [0.15, 0.2) is 30.3 Å². The first-order chi connectivity index (χ1) is 31.4. The monoisotopic (exact) mass is 911 g/mol. The van der Waals surface area contributed by atoms with Gasteiger partial charge >= 0.3 is 11.9 Å². The zero-order valence-corrected chi connectivity index (χ0v) is 42.3. The molecule has 12 atom stereocenters. The van der Waals surface area contributed by atoms with Gasteiger partial charge in [-0.3, -0.25) is 19.3 Å². The molecule has 0 unspecified atom stereocenters. The third kappa shape index (κ3) is 7.66. The molecule has 366 valence electrons. The van der Waals surface area contributed by atoms with E-state index in [0.29, 0.717) is 47.3 Å². The summed E-state index contributed by atoms with van der Waals surface area (Å²) in [5.41, 5.74) is 1.07. The fraction of sp³-hybridized carbons (Fsp3) is 0.842. The van der Waals surface area contributed by atoms with Crippen molar-refractivity contribution in [3.8, 4) is 0 Å². The van der Waals surface area contributed by atoms with Crippen LogP contribution in [0, 0.1) is 73.4 Å². The second-order valence-corrected chi connectivity index (χ2v) is 26.0. The van der Waals surface area contributed by atoms with E-state index in [2.05, 4.69) is 65.2 Å². The van der Waals surface area contributed by atoms with Crippen LogP contribution in [0.3, 0.4) is 0 Å². The third-order valence-electron chi connectivity index (χ3n) is 22.5. The SMILES string of the molecule is CC1([C@@H]2CC[C@]3(C(=O)N4CCC(OCCN5CCOCC5)CC4)CC[C@]4(C)[C@H](CC[C@@H]5[C@@]6(C)CC[C@H](OC(=O)[C@H]7C[C@@H](OC(=O)Cc8ccccc8)C7(C)C)C(C)(C)[C@@H]6CC[C@]54C)[C@@H]23)CC1. The van der Waals surface area contributed by atoms with E-state index < -0.39 is 5.41 Å². The third-order valence-corrected chi connectivity index (χ3v) is 22.5. The number of rotatable bonds is 11. The van der Waals surface area contributed by atoms with E-state index in [1.807, 2.05) is 30.3 Å². The van der Waals surface area contributed by atoms with Gasteiger partial charge in [-0.1, -0.05) is 85.7 Å². The number of nitrogens with zero attached hydrogens (tertiary/aromatic N) is 2. The Balaban J connectivity index is 0.802.